The first-order valence-corrected chi connectivity index (χ1v) is 6.75. The maximum Gasteiger partial charge on any atom is 0.120 e. The van der Waals surface area contributed by atoms with Crippen LogP contribution in [-0.2, 0) is 0 Å². The second kappa shape index (κ2) is 7.96. The van der Waals surface area contributed by atoms with E-state index in [1.807, 2.05) is 24.3 Å². The number of benzene rings is 1. The smallest absolute Gasteiger partial charge is 0.120 e. The molecule has 2 rings (SSSR count). The lowest BCUT2D eigenvalue weighted by Crippen LogP contribution is -2.35. The quantitative estimate of drug-likeness (QED) is 0.911. The van der Waals surface area contributed by atoms with Crippen molar-refractivity contribution in [1.82, 2.24) is 5.32 Å². The summed E-state index contributed by atoms with van der Waals surface area (Å²) in [6.45, 7) is 1.97. The highest BCUT2D eigenvalue weighted by Gasteiger charge is 2.11. The molecular weight excluding hydrogens is 302 g/mol. The minimum Gasteiger partial charge on any atom is -0.493 e. The molecule has 0 spiro atoms. The largest absolute Gasteiger partial charge is 0.493 e. The van der Waals surface area contributed by atoms with E-state index in [9.17, 15) is 0 Å². The number of ether oxygens (including phenoxy) is 1. The van der Waals surface area contributed by atoms with Gasteiger partial charge in [0.2, 0.25) is 0 Å². The van der Waals surface area contributed by atoms with Crippen LogP contribution in [0.25, 0.3) is 0 Å². The molecule has 17 heavy (non-hydrogen) atoms. The summed E-state index contributed by atoms with van der Waals surface area (Å²) in [6, 6.07) is 8.67. The van der Waals surface area contributed by atoms with Gasteiger partial charge in [0.15, 0.2) is 0 Å². The Labute approximate surface area is 118 Å². The minimum atomic E-state index is 0. The summed E-state index contributed by atoms with van der Waals surface area (Å²) >= 11 is 3.44. The van der Waals surface area contributed by atoms with Crippen molar-refractivity contribution >= 4 is 28.3 Å². The summed E-state index contributed by atoms with van der Waals surface area (Å²) in [6.07, 6.45) is 5.08. The van der Waals surface area contributed by atoms with E-state index in [0.29, 0.717) is 6.04 Å². The topological polar surface area (TPSA) is 21.3 Å². The first-order chi connectivity index (χ1) is 7.84. The Morgan fingerprint density at radius 1 is 1.35 bits per heavy atom. The normalized spacial score (nSPS) is 19.5. The molecule has 1 saturated heterocycles. The van der Waals surface area contributed by atoms with Crippen LogP contribution in [0.1, 0.15) is 25.7 Å². The van der Waals surface area contributed by atoms with Crippen molar-refractivity contribution < 1.29 is 4.74 Å². The summed E-state index contributed by atoms with van der Waals surface area (Å²) in [5.74, 6) is 0.949. The van der Waals surface area contributed by atoms with Crippen LogP contribution in [0.2, 0.25) is 0 Å². The van der Waals surface area contributed by atoms with Crippen molar-refractivity contribution in [2.45, 2.75) is 31.7 Å². The van der Waals surface area contributed by atoms with Crippen molar-refractivity contribution in [2.75, 3.05) is 13.2 Å². The zero-order chi connectivity index (χ0) is 11.2. The zero-order valence-corrected chi connectivity index (χ0v) is 12.2. The second-order valence-electron chi connectivity index (χ2n) is 4.24. The molecule has 1 atom stereocenters. The van der Waals surface area contributed by atoms with Crippen molar-refractivity contribution in [3.8, 4) is 5.75 Å². The van der Waals surface area contributed by atoms with Gasteiger partial charge in [0.05, 0.1) is 6.61 Å². The number of hydrogen-bond donors (Lipinski definition) is 1. The summed E-state index contributed by atoms with van der Waals surface area (Å²) in [5, 5.41) is 3.53. The molecule has 96 valence electrons. The molecule has 0 radical (unpaired) electrons. The van der Waals surface area contributed by atoms with Gasteiger partial charge in [-0.2, -0.15) is 0 Å². The zero-order valence-electron chi connectivity index (χ0n) is 9.82. The van der Waals surface area contributed by atoms with Crippen LogP contribution >= 0.6 is 28.3 Å². The van der Waals surface area contributed by atoms with E-state index in [1.54, 1.807) is 0 Å². The molecule has 1 heterocycles. The lowest BCUT2D eigenvalue weighted by molar-refractivity contribution is 0.268. The van der Waals surface area contributed by atoms with Crippen LogP contribution in [0.15, 0.2) is 28.7 Å². The van der Waals surface area contributed by atoms with E-state index in [1.165, 1.54) is 25.8 Å². The van der Waals surface area contributed by atoms with Crippen molar-refractivity contribution in [1.29, 1.82) is 0 Å². The van der Waals surface area contributed by atoms with E-state index >= 15 is 0 Å². The lowest BCUT2D eigenvalue weighted by atomic mass is 10.0. The van der Waals surface area contributed by atoms with E-state index in [4.69, 9.17) is 4.74 Å². The van der Waals surface area contributed by atoms with Gasteiger partial charge in [-0.25, -0.2) is 0 Å². The average Bonchev–Trinajstić information content (AvgIpc) is 2.30. The van der Waals surface area contributed by atoms with Crippen LogP contribution in [-0.4, -0.2) is 19.2 Å². The molecule has 1 aliphatic rings. The number of piperidine rings is 1. The molecular formula is C13H19BrClNO. The lowest BCUT2D eigenvalue weighted by Gasteiger charge is -2.23. The average molecular weight is 321 g/mol. The Kier molecular flexibility index (Phi) is 6.93. The van der Waals surface area contributed by atoms with Crippen LogP contribution in [0.3, 0.4) is 0 Å². The molecule has 1 N–H and O–H groups in total. The molecule has 1 unspecified atom stereocenters. The van der Waals surface area contributed by atoms with Crippen LogP contribution in [0.5, 0.6) is 5.75 Å². The highest BCUT2D eigenvalue weighted by atomic mass is 79.9. The van der Waals surface area contributed by atoms with Crippen LogP contribution in [0.4, 0.5) is 0 Å². The molecule has 1 fully saturated rings. The SMILES string of the molecule is Brc1cccc(OCCC2CCCCN2)c1.Cl. The molecule has 1 aromatic rings. The molecule has 1 aromatic carbocycles. The van der Waals surface area contributed by atoms with Gasteiger partial charge in [0, 0.05) is 10.5 Å². The highest BCUT2D eigenvalue weighted by Crippen LogP contribution is 2.18. The van der Waals surface area contributed by atoms with Crippen molar-refractivity contribution in [2.24, 2.45) is 0 Å². The van der Waals surface area contributed by atoms with E-state index in [0.717, 1.165) is 23.2 Å². The first kappa shape index (κ1) is 14.8. The molecule has 4 heteroatoms. The van der Waals surface area contributed by atoms with Crippen LogP contribution < -0.4 is 10.1 Å². The molecule has 0 bridgehead atoms. The van der Waals surface area contributed by atoms with Gasteiger partial charge in [0.1, 0.15) is 5.75 Å². The van der Waals surface area contributed by atoms with E-state index < -0.39 is 0 Å². The van der Waals surface area contributed by atoms with Crippen LogP contribution in [0, 0.1) is 0 Å². The van der Waals surface area contributed by atoms with Gasteiger partial charge < -0.3 is 10.1 Å². The maximum atomic E-state index is 5.72. The van der Waals surface area contributed by atoms with E-state index in [-0.39, 0.29) is 12.4 Å². The second-order valence-corrected chi connectivity index (χ2v) is 5.16. The van der Waals surface area contributed by atoms with E-state index in [2.05, 4.69) is 21.2 Å². The highest BCUT2D eigenvalue weighted by molar-refractivity contribution is 9.10. The minimum absolute atomic E-state index is 0. The predicted molar refractivity (Wildman–Crippen MR) is 77.1 cm³/mol. The van der Waals surface area contributed by atoms with Gasteiger partial charge in [-0.1, -0.05) is 28.4 Å². The molecule has 0 aliphatic carbocycles. The Hall–Kier alpha value is -0.250. The third-order valence-corrected chi connectivity index (χ3v) is 3.44. The Balaban J connectivity index is 0.00000144. The standard InChI is InChI=1S/C13H18BrNO.ClH/c14-11-4-3-6-13(10-11)16-9-7-12-5-1-2-8-15-12;/h3-4,6,10,12,15H,1-2,5,7-9H2;1H. The number of nitrogens with one attached hydrogen (secondary N) is 1. The fourth-order valence-electron chi connectivity index (χ4n) is 2.05. The van der Waals surface area contributed by atoms with Gasteiger partial charge in [-0.05, 0) is 44.0 Å². The van der Waals surface area contributed by atoms with Gasteiger partial charge in [0.25, 0.3) is 0 Å². The third-order valence-electron chi connectivity index (χ3n) is 2.94. The molecule has 0 saturated carbocycles. The third kappa shape index (κ3) is 5.28. The maximum absolute atomic E-state index is 5.72. The van der Waals surface area contributed by atoms with Gasteiger partial charge >= 0.3 is 0 Å². The fourth-order valence-corrected chi connectivity index (χ4v) is 2.42. The summed E-state index contributed by atoms with van der Waals surface area (Å²) < 4.78 is 6.79. The first-order valence-electron chi connectivity index (χ1n) is 5.96. The Bertz CT molecular complexity index is 329. The number of halogens is 2. The Morgan fingerprint density at radius 3 is 2.94 bits per heavy atom. The van der Waals surface area contributed by atoms with Gasteiger partial charge in [-0.3, -0.25) is 0 Å². The van der Waals surface area contributed by atoms with Crippen molar-refractivity contribution in [3.63, 3.8) is 0 Å². The molecule has 2 nitrogen and oxygen atoms in total. The van der Waals surface area contributed by atoms with Gasteiger partial charge in [-0.15, -0.1) is 12.4 Å². The Morgan fingerprint density at radius 2 is 2.24 bits per heavy atom. The number of hydrogen-bond acceptors (Lipinski definition) is 2. The molecule has 0 amide bonds. The fraction of sp³-hybridized carbons (Fsp3) is 0.538. The summed E-state index contributed by atoms with van der Waals surface area (Å²) in [4.78, 5) is 0. The molecule has 1 aliphatic heterocycles. The number of rotatable bonds is 4. The summed E-state index contributed by atoms with van der Waals surface area (Å²) in [5.41, 5.74) is 0. The summed E-state index contributed by atoms with van der Waals surface area (Å²) in [7, 11) is 0. The monoisotopic (exact) mass is 319 g/mol. The molecule has 0 aromatic heterocycles. The predicted octanol–water partition coefficient (Wildman–Crippen LogP) is 3.78. The van der Waals surface area contributed by atoms with Crippen molar-refractivity contribution in [3.05, 3.63) is 28.7 Å².